The second kappa shape index (κ2) is 2.82. The van der Waals surface area contributed by atoms with Crippen molar-refractivity contribution in [2.75, 3.05) is 19.0 Å². The summed E-state index contributed by atoms with van der Waals surface area (Å²) in [7, 11) is 3.84. The maximum Gasteiger partial charge on any atom is 0.139 e. The molecular weight excluding hydrogens is 138 g/mol. The van der Waals surface area contributed by atoms with Gasteiger partial charge in [-0.1, -0.05) is 12.1 Å². The van der Waals surface area contributed by atoms with Crippen molar-refractivity contribution in [2.45, 2.75) is 6.92 Å². The van der Waals surface area contributed by atoms with Crippen LogP contribution in [0.15, 0.2) is 18.2 Å². The summed E-state index contributed by atoms with van der Waals surface area (Å²) in [4.78, 5) is 1.91. The van der Waals surface area contributed by atoms with E-state index in [1.165, 1.54) is 0 Å². The number of hydrogen-bond acceptors (Lipinski definition) is 2. The number of rotatable bonds is 1. The lowest BCUT2D eigenvalue weighted by Crippen LogP contribution is -2.10. The molecule has 2 nitrogen and oxygen atoms in total. The molecule has 0 spiro atoms. The minimum atomic E-state index is 0.343. The predicted octanol–water partition coefficient (Wildman–Crippen LogP) is 1.77. The molecule has 0 saturated carbocycles. The second-order valence-electron chi connectivity index (χ2n) is 2.84. The van der Waals surface area contributed by atoms with Crippen LogP contribution in [0.4, 0.5) is 5.69 Å². The Bertz CT molecular complexity index is 235. The smallest absolute Gasteiger partial charge is 0.139 e. The van der Waals surface area contributed by atoms with Crippen molar-refractivity contribution < 1.29 is 5.11 Å². The highest BCUT2D eigenvalue weighted by atomic mass is 16.3. The van der Waals surface area contributed by atoms with Crippen molar-refractivity contribution in [3.8, 4) is 5.75 Å². The molecule has 0 bridgehead atoms. The van der Waals surface area contributed by atoms with Gasteiger partial charge in [0.05, 0.1) is 5.69 Å². The van der Waals surface area contributed by atoms with E-state index in [-0.39, 0.29) is 0 Å². The minimum Gasteiger partial charge on any atom is -0.506 e. The van der Waals surface area contributed by atoms with Crippen molar-refractivity contribution in [1.82, 2.24) is 0 Å². The standard InChI is InChI=1S/C9H13NO/c1-7-5-4-6-8(11)9(7)10(2)3/h4-6,11H,1-3H3. The summed E-state index contributed by atoms with van der Waals surface area (Å²) in [6.45, 7) is 1.98. The molecule has 0 saturated heterocycles. The molecule has 0 fully saturated rings. The van der Waals surface area contributed by atoms with Crippen molar-refractivity contribution in [2.24, 2.45) is 0 Å². The predicted molar refractivity (Wildman–Crippen MR) is 47.2 cm³/mol. The van der Waals surface area contributed by atoms with E-state index in [0.29, 0.717) is 5.75 Å². The fourth-order valence-corrected chi connectivity index (χ4v) is 1.23. The average molecular weight is 151 g/mol. The number of para-hydroxylation sites is 1. The Labute approximate surface area is 67.1 Å². The third kappa shape index (κ3) is 1.45. The van der Waals surface area contributed by atoms with Gasteiger partial charge in [-0.3, -0.25) is 0 Å². The van der Waals surface area contributed by atoms with Crippen LogP contribution in [0.1, 0.15) is 5.56 Å². The average Bonchev–Trinajstić information content (AvgIpc) is 1.85. The maximum atomic E-state index is 9.42. The highest BCUT2D eigenvalue weighted by molar-refractivity contribution is 5.61. The van der Waals surface area contributed by atoms with Gasteiger partial charge in [0.1, 0.15) is 5.75 Å². The zero-order valence-electron chi connectivity index (χ0n) is 7.13. The summed E-state index contributed by atoms with van der Waals surface area (Å²) in [6, 6.07) is 5.52. The summed E-state index contributed by atoms with van der Waals surface area (Å²) in [5.74, 6) is 0.343. The number of phenolic OH excluding ortho intramolecular Hbond substituents is 1. The topological polar surface area (TPSA) is 23.5 Å². The lowest BCUT2D eigenvalue weighted by atomic mass is 10.2. The van der Waals surface area contributed by atoms with Crippen LogP contribution in [0.25, 0.3) is 0 Å². The van der Waals surface area contributed by atoms with Crippen molar-refractivity contribution >= 4 is 5.69 Å². The van der Waals surface area contributed by atoms with Crippen LogP contribution in [-0.2, 0) is 0 Å². The molecule has 0 aliphatic carbocycles. The Morgan fingerprint density at radius 2 is 1.91 bits per heavy atom. The third-order valence-corrected chi connectivity index (χ3v) is 1.66. The molecule has 1 N–H and O–H groups in total. The summed E-state index contributed by atoms with van der Waals surface area (Å²) >= 11 is 0. The van der Waals surface area contributed by atoms with E-state index in [2.05, 4.69) is 0 Å². The number of aromatic hydroxyl groups is 1. The van der Waals surface area contributed by atoms with Gasteiger partial charge in [0, 0.05) is 14.1 Å². The van der Waals surface area contributed by atoms with E-state index in [4.69, 9.17) is 0 Å². The monoisotopic (exact) mass is 151 g/mol. The molecule has 1 rings (SSSR count). The molecule has 0 radical (unpaired) electrons. The molecule has 1 aromatic carbocycles. The van der Waals surface area contributed by atoms with E-state index < -0.39 is 0 Å². The second-order valence-corrected chi connectivity index (χ2v) is 2.84. The van der Waals surface area contributed by atoms with Gasteiger partial charge in [-0.25, -0.2) is 0 Å². The highest BCUT2D eigenvalue weighted by Gasteiger charge is 2.04. The molecular formula is C9H13NO. The first kappa shape index (κ1) is 7.92. The summed E-state index contributed by atoms with van der Waals surface area (Å²) in [5.41, 5.74) is 1.99. The first-order valence-electron chi connectivity index (χ1n) is 3.59. The molecule has 0 aliphatic rings. The van der Waals surface area contributed by atoms with Crippen LogP contribution in [0, 0.1) is 6.92 Å². The SMILES string of the molecule is Cc1cccc(O)c1N(C)C. The lowest BCUT2D eigenvalue weighted by Gasteiger charge is -2.16. The van der Waals surface area contributed by atoms with Crippen LogP contribution >= 0.6 is 0 Å². The Balaban J connectivity index is 3.21. The minimum absolute atomic E-state index is 0.343. The van der Waals surface area contributed by atoms with E-state index in [0.717, 1.165) is 11.3 Å². The zero-order chi connectivity index (χ0) is 8.43. The van der Waals surface area contributed by atoms with Crippen LogP contribution in [0.2, 0.25) is 0 Å². The van der Waals surface area contributed by atoms with E-state index in [1.807, 2.05) is 38.1 Å². The van der Waals surface area contributed by atoms with Crippen molar-refractivity contribution in [1.29, 1.82) is 0 Å². The fraction of sp³-hybridized carbons (Fsp3) is 0.333. The summed E-state index contributed by atoms with van der Waals surface area (Å²) in [5, 5.41) is 9.42. The fourth-order valence-electron chi connectivity index (χ4n) is 1.23. The van der Waals surface area contributed by atoms with Gasteiger partial charge < -0.3 is 10.0 Å². The lowest BCUT2D eigenvalue weighted by molar-refractivity contribution is 0.475. The number of nitrogens with zero attached hydrogens (tertiary/aromatic N) is 1. The first-order valence-corrected chi connectivity index (χ1v) is 3.59. The molecule has 1 aromatic rings. The zero-order valence-corrected chi connectivity index (χ0v) is 7.13. The number of hydrogen-bond donors (Lipinski definition) is 1. The van der Waals surface area contributed by atoms with Crippen LogP contribution in [0.3, 0.4) is 0 Å². The van der Waals surface area contributed by atoms with Gasteiger partial charge in [-0.2, -0.15) is 0 Å². The number of phenols is 1. The molecule has 2 heteroatoms. The Hall–Kier alpha value is -1.18. The van der Waals surface area contributed by atoms with Crippen molar-refractivity contribution in [3.05, 3.63) is 23.8 Å². The molecule has 0 amide bonds. The Kier molecular flexibility index (Phi) is 2.03. The van der Waals surface area contributed by atoms with E-state index >= 15 is 0 Å². The summed E-state index contributed by atoms with van der Waals surface area (Å²) < 4.78 is 0. The largest absolute Gasteiger partial charge is 0.506 e. The summed E-state index contributed by atoms with van der Waals surface area (Å²) in [6.07, 6.45) is 0. The van der Waals surface area contributed by atoms with Crippen LogP contribution in [0.5, 0.6) is 5.75 Å². The van der Waals surface area contributed by atoms with Gasteiger partial charge in [-0.15, -0.1) is 0 Å². The molecule has 60 valence electrons. The van der Waals surface area contributed by atoms with Gasteiger partial charge in [-0.05, 0) is 18.6 Å². The quantitative estimate of drug-likeness (QED) is 0.661. The van der Waals surface area contributed by atoms with Gasteiger partial charge >= 0.3 is 0 Å². The number of aryl methyl sites for hydroxylation is 1. The van der Waals surface area contributed by atoms with Gasteiger partial charge in [0.2, 0.25) is 0 Å². The highest BCUT2D eigenvalue weighted by Crippen LogP contribution is 2.28. The third-order valence-electron chi connectivity index (χ3n) is 1.66. The van der Waals surface area contributed by atoms with Crippen LogP contribution < -0.4 is 4.90 Å². The van der Waals surface area contributed by atoms with Crippen LogP contribution in [-0.4, -0.2) is 19.2 Å². The maximum absolute atomic E-state index is 9.42. The molecule has 0 atom stereocenters. The van der Waals surface area contributed by atoms with Gasteiger partial charge in [0.15, 0.2) is 0 Å². The number of benzene rings is 1. The van der Waals surface area contributed by atoms with E-state index in [9.17, 15) is 5.11 Å². The first-order chi connectivity index (χ1) is 5.13. The molecule has 0 aliphatic heterocycles. The van der Waals surface area contributed by atoms with Crippen molar-refractivity contribution in [3.63, 3.8) is 0 Å². The Morgan fingerprint density at radius 1 is 1.27 bits per heavy atom. The molecule has 0 aromatic heterocycles. The molecule has 11 heavy (non-hydrogen) atoms. The van der Waals surface area contributed by atoms with E-state index in [1.54, 1.807) is 6.07 Å². The molecule has 0 heterocycles. The number of anilines is 1. The Morgan fingerprint density at radius 3 is 2.27 bits per heavy atom. The normalized spacial score (nSPS) is 9.73. The van der Waals surface area contributed by atoms with Gasteiger partial charge in [0.25, 0.3) is 0 Å². The molecule has 0 unspecified atom stereocenters.